The van der Waals surface area contributed by atoms with Gasteiger partial charge >= 0.3 is 0 Å². The van der Waals surface area contributed by atoms with Crippen LogP contribution in [0.4, 0.5) is 4.39 Å². The molecule has 1 unspecified atom stereocenters. The van der Waals surface area contributed by atoms with Crippen LogP contribution in [-0.2, 0) is 10.0 Å². The monoisotopic (exact) mass is 453 g/mol. The standard InChI is InChI=1S/C21H25ClFN3O3S/c1-14-4-3-5-15(8-14)16-9-18(21(23)19(22)10-16)20(27)12-25-30(28,29)13-17-11-24-6-7-26(17)2/h3-5,8-10,17,24-25H,6-7,11-13H2,1-2H3. The van der Waals surface area contributed by atoms with E-state index in [2.05, 4.69) is 10.0 Å². The van der Waals surface area contributed by atoms with Crippen LogP contribution in [0.15, 0.2) is 36.4 Å². The summed E-state index contributed by atoms with van der Waals surface area (Å²) in [5.74, 6) is -1.67. The summed E-state index contributed by atoms with van der Waals surface area (Å²) in [6.07, 6.45) is 0. The van der Waals surface area contributed by atoms with Crippen LogP contribution in [0.25, 0.3) is 11.1 Å². The van der Waals surface area contributed by atoms with E-state index in [1.54, 1.807) is 0 Å². The normalized spacial score (nSPS) is 17.8. The summed E-state index contributed by atoms with van der Waals surface area (Å²) >= 11 is 6.01. The number of benzene rings is 2. The van der Waals surface area contributed by atoms with Gasteiger partial charge in [-0.1, -0.05) is 41.4 Å². The van der Waals surface area contributed by atoms with Crippen molar-refractivity contribution in [2.45, 2.75) is 13.0 Å². The first-order valence-electron chi connectivity index (χ1n) is 9.64. The highest BCUT2D eigenvalue weighted by molar-refractivity contribution is 7.89. The summed E-state index contributed by atoms with van der Waals surface area (Å²) in [5, 5.41) is 2.97. The van der Waals surface area contributed by atoms with Crippen LogP contribution in [0.5, 0.6) is 0 Å². The van der Waals surface area contributed by atoms with E-state index in [0.717, 1.165) is 24.2 Å². The molecule has 9 heteroatoms. The number of piperazine rings is 1. The van der Waals surface area contributed by atoms with Crippen LogP contribution in [0.2, 0.25) is 5.02 Å². The zero-order valence-corrected chi connectivity index (χ0v) is 18.5. The number of Topliss-reactive ketones (excluding diaryl/α,β-unsaturated/α-hetero) is 1. The van der Waals surface area contributed by atoms with Gasteiger partial charge < -0.3 is 5.32 Å². The molecule has 0 spiro atoms. The summed E-state index contributed by atoms with van der Waals surface area (Å²) in [4.78, 5) is 14.6. The van der Waals surface area contributed by atoms with Crippen LogP contribution >= 0.6 is 11.6 Å². The Morgan fingerprint density at radius 1 is 1.30 bits per heavy atom. The molecule has 30 heavy (non-hydrogen) atoms. The summed E-state index contributed by atoms with van der Waals surface area (Å²) < 4.78 is 41.7. The van der Waals surface area contributed by atoms with Gasteiger partial charge in [0, 0.05) is 25.7 Å². The summed E-state index contributed by atoms with van der Waals surface area (Å²) in [6, 6.07) is 10.2. The van der Waals surface area contributed by atoms with E-state index in [0.29, 0.717) is 12.1 Å². The van der Waals surface area contributed by atoms with Gasteiger partial charge in [0.1, 0.15) is 0 Å². The molecule has 2 aromatic carbocycles. The number of ketones is 1. The molecule has 3 rings (SSSR count). The molecular weight excluding hydrogens is 429 g/mol. The molecule has 0 aromatic heterocycles. The first kappa shape index (κ1) is 22.8. The molecule has 1 heterocycles. The van der Waals surface area contributed by atoms with Gasteiger partial charge in [-0.25, -0.2) is 17.5 Å². The predicted molar refractivity (Wildman–Crippen MR) is 117 cm³/mol. The van der Waals surface area contributed by atoms with Crippen molar-refractivity contribution in [2.75, 3.05) is 39.0 Å². The molecule has 1 atom stereocenters. The van der Waals surface area contributed by atoms with Gasteiger partial charge in [-0.15, -0.1) is 0 Å². The average Bonchev–Trinajstić information content (AvgIpc) is 2.70. The third-order valence-electron chi connectivity index (χ3n) is 5.19. The Bertz CT molecular complexity index is 1050. The maximum absolute atomic E-state index is 14.5. The number of nitrogens with one attached hydrogen (secondary N) is 2. The van der Waals surface area contributed by atoms with Crippen molar-refractivity contribution in [1.82, 2.24) is 14.9 Å². The van der Waals surface area contributed by atoms with Crippen LogP contribution in [0.1, 0.15) is 15.9 Å². The Morgan fingerprint density at radius 3 is 2.77 bits per heavy atom. The Labute approximate surface area is 181 Å². The smallest absolute Gasteiger partial charge is 0.213 e. The number of sulfonamides is 1. The molecule has 1 fully saturated rings. The van der Waals surface area contributed by atoms with Crippen molar-refractivity contribution < 1.29 is 17.6 Å². The first-order valence-corrected chi connectivity index (χ1v) is 11.7. The number of carbonyl (C=O) groups excluding carboxylic acids is 1. The number of halogens is 2. The molecule has 0 aliphatic carbocycles. The second-order valence-electron chi connectivity index (χ2n) is 7.55. The summed E-state index contributed by atoms with van der Waals surface area (Å²) in [6.45, 7) is 3.49. The lowest BCUT2D eigenvalue weighted by Gasteiger charge is -2.32. The molecule has 1 saturated heterocycles. The first-order chi connectivity index (χ1) is 14.2. The molecular formula is C21H25ClFN3O3S. The summed E-state index contributed by atoms with van der Waals surface area (Å²) in [5.41, 5.74) is 2.15. The van der Waals surface area contributed by atoms with Crippen molar-refractivity contribution in [3.05, 3.63) is 58.4 Å². The van der Waals surface area contributed by atoms with Gasteiger partial charge in [0.2, 0.25) is 10.0 Å². The van der Waals surface area contributed by atoms with Crippen molar-refractivity contribution in [2.24, 2.45) is 0 Å². The van der Waals surface area contributed by atoms with E-state index in [-0.39, 0.29) is 22.4 Å². The van der Waals surface area contributed by atoms with E-state index in [4.69, 9.17) is 11.6 Å². The number of aryl methyl sites for hydroxylation is 1. The van der Waals surface area contributed by atoms with Crippen molar-refractivity contribution in [3.8, 4) is 11.1 Å². The molecule has 2 N–H and O–H groups in total. The van der Waals surface area contributed by atoms with E-state index in [1.807, 2.05) is 43.1 Å². The number of nitrogens with zero attached hydrogens (tertiary/aromatic N) is 1. The largest absolute Gasteiger partial charge is 0.314 e. The van der Waals surface area contributed by atoms with Crippen molar-refractivity contribution >= 4 is 27.4 Å². The van der Waals surface area contributed by atoms with Gasteiger partial charge in [-0.2, -0.15) is 0 Å². The van der Waals surface area contributed by atoms with Gasteiger partial charge in [0.05, 0.1) is 22.9 Å². The molecule has 162 valence electrons. The number of rotatable bonds is 7. The van der Waals surface area contributed by atoms with Crippen LogP contribution in [0.3, 0.4) is 0 Å². The Hall–Kier alpha value is -1.84. The molecule has 0 radical (unpaired) electrons. The fourth-order valence-corrected chi connectivity index (χ4v) is 4.98. The number of hydrogen-bond donors (Lipinski definition) is 2. The summed E-state index contributed by atoms with van der Waals surface area (Å²) in [7, 11) is -1.85. The SMILES string of the molecule is Cc1cccc(-c2cc(Cl)c(F)c(C(=O)CNS(=O)(=O)CC3CNCCN3C)c2)c1. The lowest BCUT2D eigenvalue weighted by atomic mass is 9.99. The fraction of sp³-hybridized carbons (Fsp3) is 0.381. The zero-order valence-electron chi connectivity index (χ0n) is 16.9. The molecule has 0 bridgehead atoms. The quantitative estimate of drug-likeness (QED) is 0.630. The zero-order chi connectivity index (χ0) is 21.9. The average molecular weight is 454 g/mol. The Kier molecular flexibility index (Phi) is 7.26. The maximum atomic E-state index is 14.5. The van der Waals surface area contributed by atoms with Crippen LogP contribution < -0.4 is 10.0 Å². The third kappa shape index (κ3) is 5.65. The molecule has 2 aromatic rings. The van der Waals surface area contributed by atoms with Crippen LogP contribution in [0, 0.1) is 12.7 Å². The molecule has 1 aliphatic heterocycles. The third-order valence-corrected chi connectivity index (χ3v) is 6.87. The minimum Gasteiger partial charge on any atom is -0.314 e. The second kappa shape index (κ2) is 9.53. The molecule has 1 aliphatic rings. The lowest BCUT2D eigenvalue weighted by Crippen LogP contribution is -2.53. The molecule has 0 amide bonds. The highest BCUT2D eigenvalue weighted by atomic mass is 35.5. The van der Waals surface area contributed by atoms with E-state index in [1.165, 1.54) is 12.1 Å². The Balaban J connectivity index is 1.74. The van der Waals surface area contributed by atoms with Crippen molar-refractivity contribution in [3.63, 3.8) is 0 Å². The highest BCUT2D eigenvalue weighted by Gasteiger charge is 2.26. The van der Waals surface area contributed by atoms with E-state index >= 15 is 0 Å². The topological polar surface area (TPSA) is 78.5 Å². The second-order valence-corrected chi connectivity index (χ2v) is 9.81. The van der Waals surface area contributed by atoms with E-state index < -0.39 is 28.2 Å². The number of likely N-dealkylation sites (N-methyl/N-ethyl adjacent to an activating group) is 1. The van der Waals surface area contributed by atoms with Crippen molar-refractivity contribution in [1.29, 1.82) is 0 Å². The molecule has 0 saturated carbocycles. The predicted octanol–water partition coefficient (Wildman–Crippen LogP) is 2.46. The van der Waals surface area contributed by atoms with E-state index in [9.17, 15) is 17.6 Å². The Morgan fingerprint density at radius 2 is 2.07 bits per heavy atom. The van der Waals surface area contributed by atoms with Gasteiger partial charge in [-0.05, 0) is 37.2 Å². The number of hydrogen-bond acceptors (Lipinski definition) is 5. The molecule has 6 nitrogen and oxygen atoms in total. The lowest BCUT2D eigenvalue weighted by molar-refractivity contribution is 0.0993. The highest BCUT2D eigenvalue weighted by Crippen LogP contribution is 2.28. The maximum Gasteiger partial charge on any atom is 0.213 e. The van der Waals surface area contributed by atoms with Crippen LogP contribution in [-0.4, -0.2) is 64.1 Å². The fourth-order valence-electron chi connectivity index (χ4n) is 3.41. The minimum atomic E-state index is -3.72. The van der Waals surface area contributed by atoms with Gasteiger partial charge in [0.15, 0.2) is 11.6 Å². The number of carbonyl (C=O) groups is 1. The minimum absolute atomic E-state index is 0.143. The van der Waals surface area contributed by atoms with Gasteiger partial charge in [0.25, 0.3) is 0 Å². The van der Waals surface area contributed by atoms with Gasteiger partial charge in [-0.3, -0.25) is 9.69 Å².